The van der Waals surface area contributed by atoms with E-state index in [0.29, 0.717) is 0 Å². The number of ether oxygens (including phenoxy) is 1. The van der Waals surface area contributed by atoms with Gasteiger partial charge in [-0.25, -0.2) is 4.79 Å². The van der Waals surface area contributed by atoms with E-state index in [1.54, 1.807) is 6.92 Å². The second-order valence-electron chi connectivity index (χ2n) is 2.70. The van der Waals surface area contributed by atoms with E-state index in [1.807, 2.05) is 30.3 Å². The highest BCUT2D eigenvalue weighted by molar-refractivity contribution is 5.70. The molecule has 1 N–H and O–H groups in total. The molecule has 1 unspecified atom stereocenters. The molecule has 13 heavy (non-hydrogen) atoms. The van der Waals surface area contributed by atoms with Gasteiger partial charge >= 0.3 is 5.97 Å². The van der Waals surface area contributed by atoms with Crippen molar-refractivity contribution < 1.29 is 14.6 Å². The maximum absolute atomic E-state index is 10.7. The highest BCUT2D eigenvalue weighted by Gasteiger charge is 2.09. The van der Waals surface area contributed by atoms with Crippen LogP contribution < -0.4 is 0 Å². The van der Waals surface area contributed by atoms with Crippen LogP contribution >= 0.6 is 0 Å². The van der Waals surface area contributed by atoms with Crippen molar-refractivity contribution >= 4 is 5.97 Å². The van der Waals surface area contributed by atoms with E-state index < -0.39 is 12.6 Å². The molecule has 0 radical (unpaired) electrons. The van der Waals surface area contributed by atoms with Gasteiger partial charge < -0.3 is 9.84 Å². The maximum atomic E-state index is 10.7. The summed E-state index contributed by atoms with van der Waals surface area (Å²) in [7, 11) is 0. The molecule has 0 spiro atoms. The van der Waals surface area contributed by atoms with Gasteiger partial charge in [-0.15, -0.1) is 0 Å². The van der Waals surface area contributed by atoms with E-state index in [9.17, 15) is 4.79 Å². The molecule has 0 saturated carbocycles. The molecule has 1 aromatic carbocycles. The molecule has 1 rings (SSSR count). The van der Waals surface area contributed by atoms with E-state index in [4.69, 9.17) is 9.84 Å². The predicted octanol–water partition coefficient (Wildman–Crippen LogP) is 1.28. The van der Waals surface area contributed by atoms with Gasteiger partial charge in [0.25, 0.3) is 0 Å². The predicted molar refractivity (Wildman–Crippen MR) is 48.0 cm³/mol. The van der Waals surface area contributed by atoms with Crippen LogP contribution in [-0.4, -0.2) is 17.7 Å². The summed E-state index contributed by atoms with van der Waals surface area (Å²) in [5, 5.41) is 8.46. The molecule has 0 aliphatic rings. The first kappa shape index (κ1) is 9.74. The quantitative estimate of drug-likeness (QED) is 0.713. The molecule has 70 valence electrons. The van der Waals surface area contributed by atoms with Crippen molar-refractivity contribution in [3.8, 4) is 0 Å². The molecule has 0 aliphatic carbocycles. The highest BCUT2D eigenvalue weighted by atomic mass is 16.6. The first-order valence-electron chi connectivity index (χ1n) is 4.09. The van der Waals surface area contributed by atoms with Crippen molar-refractivity contribution in [1.29, 1.82) is 0 Å². The Balaban J connectivity index is 2.59. The number of hydrogen-bond donors (Lipinski definition) is 1. The molecule has 0 heterocycles. The van der Waals surface area contributed by atoms with E-state index in [1.165, 1.54) is 0 Å². The Labute approximate surface area is 77.0 Å². The highest BCUT2D eigenvalue weighted by Crippen LogP contribution is 2.15. The zero-order valence-corrected chi connectivity index (χ0v) is 7.43. The third kappa shape index (κ3) is 2.87. The average Bonchev–Trinajstić information content (AvgIpc) is 2.19. The Morgan fingerprint density at radius 1 is 1.46 bits per heavy atom. The molecule has 3 heteroatoms. The number of carbonyl (C=O) groups excluding carboxylic acids is 1. The number of aliphatic hydroxyl groups is 1. The van der Waals surface area contributed by atoms with Crippen LogP contribution in [-0.2, 0) is 9.53 Å². The van der Waals surface area contributed by atoms with E-state index in [-0.39, 0.29) is 6.10 Å². The largest absolute Gasteiger partial charge is 0.456 e. The van der Waals surface area contributed by atoms with Crippen LogP contribution in [0.15, 0.2) is 30.3 Å². The fraction of sp³-hybridized carbons (Fsp3) is 0.300. The van der Waals surface area contributed by atoms with Crippen LogP contribution in [0.5, 0.6) is 0 Å². The second-order valence-corrected chi connectivity index (χ2v) is 2.70. The number of carbonyl (C=O) groups is 1. The minimum Gasteiger partial charge on any atom is -0.456 e. The normalized spacial score (nSPS) is 12.2. The third-order valence-corrected chi connectivity index (χ3v) is 1.71. The standard InChI is InChI=1S/C10H12O3/c1-8(13-10(12)7-11)9-5-3-2-4-6-9/h2-6,8,11H,7H2,1H3. The van der Waals surface area contributed by atoms with Gasteiger partial charge in [0.2, 0.25) is 0 Å². The topological polar surface area (TPSA) is 46.5 Å². The summed E-state index contributed by atoms with van der Waals surface area (Å²) in [6, 6.07) is 9.38. The summed E-state index contributed by atoms with van der Waals surface area (Å²) in [6.07, 6.45) is -0.305. The lowest BCUT2D eigenvalue weighted by atomic mass is 10.1. The second kappa shape index (κ2) is 4.62. The Bertz CT molecular complexity index is 269. The third-order valence-electron chi connectivity index (χ3n) is 1.71. The molecule has 0 aliphatic heterocycles. The lowest BCUT2D eigenvalue weighted by Gasteiger charge is -2.11. The van der Waals surface area contributed by atoms with E-state index >= 15 is 0 Å². The van der Waals surface area contributed by atoms with Gasteiger partial charge in [0, 0.05) is 0 Å². The fourth-order valence-corrected chi connectivity index (χ4v) is 1.03. The molecule has 0 bridgehead atoms. The van der Waals surface area contributed by atoms with Crippen LogP contribution in [0.25, 0.3) is 0 Å². The van der Waals surface area contributed by atoms with Crippen molar-refractivity contribution in [1.82, 2.24) is 0 Å². The number of aliphatic hydroxyl groups excluding tert-OH is 1. The summed E-state index contributed by atoms with van der Waals surface area (Å²) < 4.78 is 4.90. The summed E-state index contributed by atoms with van der Waals surface area (Å²) in [4.78, 5) is 10.7. The van der Waals surface area contributed by atoms with Gasteiger partial charge in [-0.1, -0.05) is 30.3 Å². The van der Waals surface area contributed by atoms with Gasteiger partial charge in [0.05, 0.1) is 0 Å². The van der Waals surface area contributed by atoms with Gasteiger partial charge in [0.1, 0.15) is 12.7 Å². The van der Waals surface area contributed by atoms with E-state index in [2.05, 4.69) is 0 Å². The molecule has 1 atom stereocenters. The first-order valence-corrected chi connectivity index (χ1v) is 4.09. The number of hydrogen-bond acceptors (Lipinski definition) is 3. The number of benzene rings is 1. The number of esters is 1. The Morgan fingerprint density at radius 2 is 2.08 bits per heavy atom. The number of rotatable bonds is 3. The molecule has 0 amide bonds. The Morgan fingerprint density at radius 3 is 2.62 bits per heavy atom. The fourth-order valence-electron chi connectivity index (χ4n) is 1.03. The van der Waals surface area contributed by atoms with Gasteiger partial charge in [0.15, 0.2) is 0 Å². The summed E-state index contributed by atoms with van der Waals surface area (Å²) >= 11 is 0. The van der Waals surface area contributed by atoms with Crippen molar-refractivity contribution in [3.63, 3.8) is 0 Å². The van der Waals surface area contributed by atoms with Crippen molar-refractivity contribution in [3.05, 3.63) is 35.9 Å². The van der Waals surface area contributed by atoms with Gasteiger partial charge in [-0.05, 0) is 12.5 Å². The molecule has 0 fully saturated rings. The summed E-state index contributed by atoms with van der Waals surface area (Å²) in [5.41, 5.74) is 0.921. The SMILES string of the molecule is CC(OC(=O)CO)c1ccccc1. The average molecular weight is 180 g/mol. The van der Waals surface area contributed by atoms with E-state index in [0.717, 1.165) is 5.56 Å². The van der Waals surface area contributed by atoms with Crippen molar-refractivity contribution in [2.45, 2.75) is 13.0 Å². The zero-order chi connectivity index (χ0) is 9.68. The lowest BCUT2D eigenvalue weighted by Crippen LogP contribution is -2.12. The van der Waals surface area contributed by atoms with Crippen LogP contribution in [0.1, 0.15) is 18.6 Å². The Hall–Kier alpha value is -1.35. The smallest absolute Gasteiger partial charge is 0.332 e. The van der Waals surface area contributed by atoms with Gasteiger partial charge in [-0.2, -0.15) is 0 Å². The molecule has 0 aromatic heterocycles. The molecule has 0 saturated heterocycles. The Kier molecular flexibility index (Phi) is 3.46. The summed E-state index contributed by atoms with van der Waals surface area (Å²) in [6.45, 7) is 1.19. The van der Waals surface area contributed by atoms with Crippen molar-refractivity contribution in [2.24, 2.45) is 0 Å². The minimum atomic E-state index is -0.601. The van der Waals surface area contributed by atoms with Gasteiger partial charge in [-0.3, -0.25) is 0 Å². The maximum Gasteiger partial charge on any atom is 0.332 e. The molecule has 3 nitrogen and oxygen atoms in total. The molecular formula is C10H12O3. The van der Waals surface area contributed by atoms with Crippen LogP contribution in [0, 0.1) is 0 Å². The van der Waals surface area contributed by atoms with Crippen molar-refractivity contribution in [2.75, 3.05) is 6.61 Å². The van der Waals surface area contributed by atoms with Crippen LogP contribution in [0.3, 0.4) is 0 Å². The van der Waals surface area contributed by atoms with Crippen LogP contribution in [0.4, 0.5) is 0 Å². The molecular weight excluding hydrogens is 168 g/mol. The lowest BCUT2D eigenvalue weighted by molar-refractivity contribution is -0.151. The van der Waals surface area contributed by atoms with Crippen LogP contribution in [0.2, 0.25) is 0 Å². The zero-order valence-electron chi connectivity index (χ0n) is 7.43. The monoisotopic (exact) mass is 180 g/mol. The summed E-state index contributed by atoms with van der Waals surface area (Å²) in [5.74, 6) is -0.601. The molecule has 1 aromatic rings. The minimum absolute atomic E-state index is 0.305. The first-order chi connectivity index (χ1) is 6.24.